The van der Waals surface area contributed by atoms with Crippen molar-refractivity contribution in [1.29, 1.82) is 0 Å². The predicted octanol–water partition coefficient (Wildman–Crippen LogP) is 3.24. The van der Waals surface area contributed by atoms with Crippen molar-refractivity contribution >= 4 is 11.3 Å². The first kappa shape index (κ1) is 14.8. The highest BCUT2D eigenvalue weighted by Gasteiger charge is 2.23. The van der Waals surface area contributed by atoms with Crippen LogP contribution in [0.2, 0.25) is 0 Å². The van der Waals surface area contributed by atoms with Gasteiger partial charge in [-0.3, -0.25) is 4.90 Å². The highest BCUT2D eigenvalue weighted by Crippen LogP contribution is 2.25. The number of hydrogen-bond donors (Lipinski definition) is 0. The van der Waals surface area contributed by atoms with Crippen molar-refractivity contribution in [3.8, 4) is 11.5 Å². The fraction of sp³-hybridized carbons (Fsp3) is 0.562. The Balaban J connectivity index is 1.70. The van der Waals surface area contributed by atoms with Crippen LogP contribution in [0.4, 0.5) is 0 Å². The van der Waals surface area contributed by atoms with E-state index in [1.54, 1.807) is 11.3 Å². The van der Waals surface area contributed by atoms with Gasteiger partial charge in [-0.15, -0.1) is 0 Å². The molecule has 5 heteroatoms. The second-order valence-electron chi connectivity index (χ2n) is 6.03. The van der Waals surface area contributed by atoms with Crippen LogP contribution >= 0.6 is 11.3 Å². The van der Waals surface area contributed by atoms with E-state index in [9.17, 15) is 0 Å². The Bertz CT molecular complexity index is 576. The first-order valence-corrected chi connectivity index (χ1v) is 8.45. The summed E-state index contributed by atoms with van der Waals surface area (Å²) in [4.78, 5) is 9.53. The second-order valence-corrected chi connectivity index (χ2v) is 6.81. The largest absolute Gasteiger partial charge is 0.441 e. The molecular weight excluding hydrogens is 282 g/mol. The maximum Gasteiger partial charge on any atom is 0.227 e. The number of nitrogens with zero attached hydrogens (tertiary/aromatic N) is 3. The van der Waals surface area contributed by atoms with Crippen LogP contribution in [0, 0.1) is 6.92 Å². The van der Waals surface area contributed by atoms with Crippen LogP contribution in [-0.4, -0.2) is 48.0 Å². The van der Waals surface area contributed by atoms with E-state index in [1.807, 2.05) is 6.92 Å². The third kappa shape index (κ3) is 3.36. The van der Waals surface area contributed by atoms with Gasteiger partial charge in [0.2, 0.25) is 5.89 Å². The van der Waals surface area contributed by atoms with Gasteiger partial charge in [-0.1, -0.05) is 0 Å². The summed E-state index contributed by atoms with van der Waals surface area (Å²) in [5, 5.41) is 4.14. The average molecular weight is 305 g/mol. The highest BCUT2D eigenvalue weighted by molar-refractivity contribution is 7.08. The molecule has 1 atom stereocenters. The first-order valence-electron chi connectivity index (χ1n) is 7.51. The zero-order chi connectivity index (χ0) is 14.8. The summed E-state index contributed by atoms with van der Waals surface area (Å²) in [7, 11) is 4.34. The standard InChI is InChI=1S/C16H23N3OS/c1-12-15(17-16(20-12)13-6-8-21-11-13)10-19-7-4-5-14(9-19)18(2)3/h6,8,11,14H,4-5,7,9-10H2,1-3H3. The molecule has 4 nitrogen and oxygen atoms in total. The maximum absolute atomic E-state index is 5.83. The van der Waals surface area contributed by atoms with Gasteiger partial charge < -0.3 is 9.32 Å². The number of piperidine rings is 1. The molecular formula is C16H23N3OS. The molecule has 0 amide bonds. The number of hydrogen-bond acceptors (Lipinski definition) is 5. The third-order valence-electron chi connectivity index (χ3n) is 4.25. The van der Waals surface area contributed by atoms with Crippen LogP contribution < -0.4 is 0 Å². The van der Waals surface area contributed by atoms with Crippen molar-refractivity contribution in [3.05, 3.63) is 28.3 Å². The molecule has 114 valence electrons. The summed E-state index contributed by atoms with van der Waals surface area (Å²) in [5.41, 5.74) is 2.16. The lowest BCUT2D eigenvalue weighted by Crippen LogP contribution is -2.44. The van der Waals surface area contributed by atoms with Crippen molar-refractivity contribution in [2.45, 2.75) is 32.4 Å². The number of aromatic nitrogens is 1. The van der Waals surface area contributed by atoms with Crippen molar-refractivity contribution in [2.24, 2.45) is 0 Å². The van der Waals surface area contributed by atoms with Gasteiger partial charge in [0, 0.05) is 30.1 Å². The van der Waals surface area contributed by atoms with Crippen LogP contribution in [0.1, 0.15) is 24.3 Å². The Labute approximate surface area is 130 Å². The van der Waals surface area contributed by atoms with Crippen LogP contribution in [0.15, 0.2) is 21.2 Å². The lowest BCUT2D eigenvalue weighted by molar-refractivity contribution is 0.126. The normalized spacial score (nSPS) is 20.3. The van der Waals surface area contributed by atoms with Gasteiger partial charge >= 0.3 is 0 Å². The number of rotatable bonds is 4. The SMILES string of the molecule is Cc1oc(-c2ccsc2)nc1CN1CCCC(N(C)C)C1. The maximum atomic E-state index is 5.83. The highest BCUT2D eigenvalue weighted by atomic mass is 32.1. The molecule has 2 aromatic rings. The second kappa shape index (κ2) is 6.30. The van der Waals surface area contributed by atoms with Gasteiger partial charge in [-0.05, 0) is 51.9 Å². The molecule has 1 fully saturated rings. The molecule has 0 aromatic carbocycles. The summed E-state index contributed by atoms with van der Waals surface area (Å²) in [5.74, 6) is 1.70. The fourth-order valence-electron chi connectivity index (χ4n) is 2.89. The van der Waals surface area contributed by atoms with E-state index in [2.05, 4.69) is 40.7 Å². The Kier molecular flexibility index (Phi) is 4.42. The van der Waals surface area contributed by atoms with Crippen LogP contribution in [0.25, 0.3) is 11.5 Å². The number of oxazole rings is 1. The molecule has 0 N–H and O–H groups in total. The van der Waals surface area contributed by atoms with E-state index in [4.69, 9.17) is 9.40 Å². The summed E-state index contributed by atoms with van der Waals surface area (Å²) in [6, 6.07) is 2.71. The van der Waals surface area contributed by atoms with Crippen molar-refractivity contribution in [2.75, 3.05) is 27.2 Å². The lowest BCUT2D eigenvalue weighted by Gasteiger charge is -2.35. The third-order valence-corrected chi connectivity index (χ3v) is 4.93. The van der Waals surface area contributed by atoms with Crippen molar-refractivity contribution < 1.29 is 4.42 Å². The van der Waals surface area contributed by atoms with E-state index < -0.39 is 0 Å². The quantitative estimate of drug-likeness (QED) is 0.868. The van der Waals surface area contributed by atoms with E-state index >= 15 is 0 Å². The molecule has 0 radical (unpaired) electrons. The molecule has 0 bridgehead atoms. The summed E-state index contributed by atoms with van der Waals surface area (Å²) >= 11 is 1.67. The number of aryl methyl sites for hydroxylation is 1. The lowest BCUT2D eigenvalue weighted by atomic mass is 10.0. The summed E-state index contributed by atoms with van der Waals surface area (Å²) in [6.07, 6.45) is 2.55. The van der Waals surface area contributed by atoms with E-state index in [-0.39, 0.29) is 0 Å². The van der Waals surface area contributed by atoms with Gasteiger partial charge in [0.1, 0.15) is 5.76 Å². The molecule has 1 saturated heterocycles. The Morgan fingerprint density at radius 3 is 3.05 bits per heavy atom. The van der Waals surface area contributed by atoms with Gasteiger partial charge in [-0.2, -0.15) is 11.3 Å². The first-order chi connectivity index (χ1) is 10.1. The minimum absolute atomic E-state index is 0.655. The fourth-order valence-corrected chi connectivity index (χ4v) is 3.52. The Morgan fingerprint density at radius 1 is 1.48 bits per heavy atom. The van der Waals surface area contributed by atoms with Gasteiger partial charge in [0.25, 0.3) is 0 Å². The van der Waals surface area contributed by atoms with Gasteiger partial charge in [0.05, 0.1) is 5.69 Å². The van der Waals surface area contributed by atoms with Gasteiger partial charge in [0.15, 0.2) is 0 Å². The molecule has 3 rings (SSSR count). The van der Waals surface area contributed by atoms with E-state index in [1.165, 1.54) is 12.8 Å². The van der Waals surface area contributed by atoms with E-state index in [0.29, 0.717) is 6.04 Å². The zero-order valence-electron chi connectivity index (χ0n) is 13.0. The molecule has 1 aliphatic heterocycles. The molecule has 21 heavy (non-hydrogen) atoms. The van der Waals surface area contributed by atoms with Crippen LogP contribution in [0.5, 0.6) is 0 Å². The van der Waals surface area contributed by atoms with Crippen molar-refractivity contribution in [1.82, 2.24) is 14.8 Å². The van der Waals surface area contributed by atoms with Crippen LogP contribution in [-0.2, 0) is 6.54 Å². The molecule has 2 aromatic heterocycles. The van der Waals surface area contributed by atoms with Crippen molar-refractivity contribution in [3.63, 3.8) is 0 Å². The minimum atomic E-state index is 0.655. The Morgan fingerprint density at radius 2 is 2.33 bits per heavy atom. The summed E-state index contributed by atoms with van der Waals surface area (Å²) < 4.78 is 5.83. The smallest absolute Gasteiger partial charge is 0.227 e. The Hall–Kier alpha value is -1.17. The number of likely N-dealkylation sites (N-methyl/N-ethyl adjacent to an activating group) is 1. The number of likely N-dealkylation sites (tertiary alicyclic amines) is 1. The molecule has 0 saturated carbocycles. The minimum Gasteiger partial charge on any atom is -0.441 e. The number of thiophene rings is 1. The van der Waals surface area contributed by atoms with Gasteiger partial charge in [-0.25, -0.2) is 4.98 Å². The molecule has 0 spiro atoms. The summed E-state index contributed by atoms with van der Waals surface area (Å²) in [6.45, 7) is 5.19. The molecule has 1 aliphatic rings. The van der Waals surface area contributed by atoms with E-state index in [0.717, 1.165) is 42.5 Å². The molecule has 1 unspecified atom stereocenters. The predicted molar refractivity (Wildman–Crippen MR) is 86.5 cm³/mol. The zero-order valence-corrected chi connectivity index (χ0v) is 13.8. The molecule has 0 aliphatic carbocycles. The monoisotopic (exact) mass is 305 g/mol. The molecule has 3 heterocycles. The van der Waals surface area contributed by atoms with Crippen LogP contribution in [0.3, 0.4) is 0 Å². The topological polar surface area (TPSA) is 32.5 Å². The average Bonchev–Trinajstić information content (AvgIpc) is 3.10.